The topological polar surface area (TPSA) is 58.3 Å². The number of nitrogens with two attached hydrogens (primary N) is 1. The smallest absolute Gasteiger partial charge is 0.222 e. The molecular weight excluding hydrogens is 357 g/mol. The van der Waals surface area contributed by atoms with Crippen LogP contribution in [0.25, 0.3) is 0 Å². The highest BCUT2D eigenvalue weighted by Gasteiger charge is 2.46. The second-order valence-electron chi connectivity index (χ2n) is 6.85. The van der Waals surface area contributed by atoms with Gasteiger partial charge in [0.05, 0.1) is 0 Å². The molecule has 0 bridgehead atoms. The molecule has 4 rings (SSSR count). The van der Waals surface area contributed by atoms with Gasteiger partial charge in [-0.15, -0.1) is 24.8 Å². The maximum absolute atomic E-state index is 5.83. The van der Waals surface area contributed by atoms with Gasteiger partial charge < -0.3 is 10.6 Å². The minimum Gasteiger partial charge on any atom is -0.368 e. The van der Waals surface area contributed by atoms with Gasteiger partial charge in [-0.1, -0.05) is 30.3 Å². The number of aryl methyl sites for hydroxylation is 1. The van der Waals surface area contributed by atoms with Gasteiger partial charge in [0, 0.05) is 43.4 Å². The molecule has 3 atom stereocenters. The molecule has 2 aliphatic heterocycles. The molecule has 2 aliphatic rings. The zero-order valence-corrected chi connectivity index (χ0v) is 16.1. The number of nitrogens with zero attached hydrogens (tertiary/aromatic N) is 4. The van der Waals surface area contributed by atoms with Gasteiger partial charge in [-0.05, 0) is 25.5 Å². The van der Waals surface area contributed by atoms with Gasteiger partial charge in [0.2, 0.25) is 5.95 Å². The third-order valence-electron chi connectivity index (χ3n) is 5.22. The Kier molecular flexibility index (Phi) is 6.14. The first-order valence-corrected chi connectivity index (χ1v) is 8.23. The van der Waals surface area contributed by atoms with E-state index in [2.05, 4.69) is 57.1 Å². The van der Waals surface area contributed by atoms with Crippen LogP contribution in [0.1, 0.15) is 17.3 Å². The molecule has 5 nitrogen and oxygen atoms in total. The molecule has 7 heteroatoms. The number of aromatic nitrogens is 2. The SMILES string of the molecule is Cc1cc(N2C[C@@H]3CN(C)[C@@H](c4ccccc4)[C@@H]3C2)nc(N)n1.Cl.Cl. The minimum atomic E-state index is 0. The summed E-state index contributed by atoms with van der Waals surface area (Å²) in [5.74, 6) is 2.66. The van der Waals surface area contributed by atoms with Gasteiger partial charge in [-0.2, -0.15) is 4.98 Å². The number of benzene rings is 1. The van der Waals surface area contributed by atoms with Crippen molar-refractivity contribution in [3.05, 3.63) is 47.7 Å². The average molecular weight is 382 g/mol. The van der Waals surface area contributed by atoms with E-state index in [0.29, 0.717) is 23.8 Å². The van der Waals surface area contributed by atoms with E-state index in [0.717, 1.165) is 31.1 Å². The van der Waals surface area contributed by atoms with Crippen LogP contribution < -0.4 is 10.6 Å². The highest BCUT2D eigenvalue weighted by atomic mass is 35.5. The summed E-state index contributed by atoms with van der Waals surface area (Å²) in [6.45, 7) is 5.19. The summed E-state index contributed by atoms with van der Waals surface area (Å²) in [5, 5.41) is 0. The van der Waals surface area contributed by atoms with E-state index in [1.54, 1.807) is 0 Å². The fourth-order valence-electron chi connectivity index (χ4n) is 4.33. The average Bonchev–Trinajstić information content (AvgIpc) is 3.03. The second kappa shape index (κ2) is 7.77. The molecule has 2 saturated heterocycles. The van der Waals surface area contributed by atoms with Crippen molar-refractivity contribution in [2.24, 2.45) is 11.8 Å². The Balaban J connectivity index is 0.00000113. The van der Waals surface area contributed by atoms with Crippen LogP contribution in [-0.4, -0.2) is 41.5 Å². The second-order valence-corrected chi connectivity index (χ2v) is 6.85. The summed E-state index contributed by atoms with van der Waals surface area (Å²) in [5.41, 5.74) is 8.18. The third-order valence-corrected chi connectivity index (χ3v) is 5.22. The molecule has 0 spiro atoms. The lowest BCUT2D eigenvalue weighted by Gasteiger charge is -2.27. The van der Waals surface area contributed by atoms with Crippen LogP contribution in [0.3, 0.4) is 0 Å². The molecule has 0 aliphatic carbocycles. The highest BCUT2D eigenvalue weighted by Crippen LogP contribution is 2.44. The van der Waals surface area contributed by atoms with Crippen LogP contribution in [0.4, 0.5) is 11.8 Å². The van der Waals surface area contributed by atoms with E-state index in [-0.39, 0.29) is 24.8 Å². The number of hydrogen-bond acceptors (Lipinski definition) is 5. The first-order chi connectivity index (χ1) is 11.1. The Bertz CT molecular complexity index is 692. The third kappa shape index (κ3) is 3.68. The lowest BCUT2D eigenvalue weighted by Crippen LogP contribution is -2.29. The van der Waals surface area contributed by atoms with Crippen molar-refractivity contribution < 1.29 is 0 Å². The van der Waals surface area contributed by atoms with E-state index in [1.807, 2.05) is 13.0 Å². The number of likely N-dealkylation sites (tertiary alicyclic amines) is 1. The van der Waals surface area contributed by atoms with Crippen molar-refractivity contribution in [3.63, 3.8) is 0 Å². The zero-order valence-electron chi connectivity index (χ0n) is 14.5. The summed E-state index contributed by atoms with van der Waals surface area (Å²) in [6, 6.07) is 13.4. The molecule has 2 aromatic rings. The number of fused-ring (bicyclic) bond motifs is 1. The molecule has 1 aromatic heterocycles. The number of anilines is 2. The first kappa shape index (κ1) is 19.8. The monoisotopic (exact) mass is 381 g/mol. The van der Waals surface area contributed by atoms with Crippen LogP contribution in [0.2, 0.25) is 0 Å². The molecule has 0 radical (unpaired) electrons. The molecule has 1 aromatic carbocycles. The van der Waals surface area contributed by atoms with Gasteiger partial charge in [-0.25, -0.2) is 4.98 Å². The van der Waals surface area contributed by atoms with Crippen LogP contribution in [-0.2, 0) is 0 Å². The van der Waals surface area contributed by atoms with Crippen molar-refractivity contribution >= 4 is 36.6 Å². The maximum atomic E-state index is 5.83. The van der Waals surface area contributed by atoms with Crippen LogP contribution in [0.5, 0.6) is 0 Å². The minimum absolute atomic E-state index is 0. The van der Waals surface area contributed by atoms with E-state index in [4.69, 9.17) is 5.73 Å². The molecule has 2 fully saturated rings. The Morgan fingerprint density at radius 1 is 1.04 bits per heavy atom. The normalized spacial score (nSPS) is 25.2. The number of hydrogen-bond donors (Lipinski definition) is 1. The number of halogens is 2. The lowest BCUT2D eigenvalue weighted by atomic mass is 9.90. The van der Waals surface area contributed by atoms with Gasteiger partial charge >= 0.3 is 0 Å². The van der Waals surface area contributed by atoms with Crippen molar-refractivity contribution in [2.75, 3.05) is 37.3 Å². The molecule has 0 unspecified atom stereocenters. The standard InChI is InChI=1S/C18H23N5.2ClH/c1-12-8-16(21-18(19)20-12)23-10-14-9-22(2)17(15(14)11-23)13-6-4-3-5-7-13;;/h3-8,14-15,17H,9-11H2,1-2H3,(H2,19,20,21);2*1H/t14-,15+,17-;;/m0../s1. The van der Waals surface area contributed by atoms with Crippen molar-refractivity contribution in [1.29, 1.82) is 0 Å². The number of rotatable bonds is 2. The van der Waals surface area contributed by atoms with Crippen molar-refractivity contribution in [2.45, 2.75) is 13.0 Å². The highest BCUT2D eigenvalue weighted by molar-refractivity contribution is 5.85. The van der Waals surface area contributed by atoms with Crippen LogP contribution >= 0.6 is 24.8 Å². The van der Waals surface area contributed by atoms with Crippen molar-refractivity contribution in [1.82, 2.24) is 14.9 Å². The Morgan fingerprint density at radius 2 is 1.76 bits per heavy atom. The van der Waals surface area contributed by atoms with Crippen molar-refractivity contribution in [3.8, 4) is 0 Å². The molecule has 0 amide bonds. The van der Waals surface area contributed by atoms with E-state index < -0.39 is 0 Å². The molecule has 2 N–H and O–H groups in total. The summed E-state index contributed by atoms with van der Waals surface area (Å²) in [7, 11) is 2.24. The quantitative estimate of drug-likeness (QED) is 0.866. The van der Waals surface area contributed by atoms with Gasteiger partial charge in [0.1, 0.15) is 5.82 Å². The van der Waals surface area contributed by atoms with Gasteiger partial charge in [0.25, 0.3) is 0 Å². The van der Waals surface area contributed by atoms with E-state index >= 15 is 0 Å². The van der Waals surface area contributed by atoms with E-state index in [9.17, 15) is 0 Å². The Morgan fingerprint density at radius 3 is 2.44 bits per heavy atom. The zero-order chi connectivity index (χ0) is 16.0. The summed E-state index contributed by atoms with van der Waals surface area (Å²) in [6.07, 6.45) is 0. The molecule has 25 heavy (non-hydrogen) atoms. The molecule has 0 saturated carbocycles. The molecule has 136 valence electrons. The van der Waals surface area contributed by atoms with Gasteiger partial charge in [0.15, 0.2) is 0 Å². The number of nitrogen functional groups attached to an aromatic ring is 1. The van der Waals surface area contributed by atoms with Gasteiger partial charge in [-0.3, -0.25) is 4.90 Å². The Labute approximate surface area is 161 Å². The van der Waals surface area contributed by atoms with Crippen LogP contribution in [0, 0.1) is 18.8 Å². The predicted molar refractivity (Wildman–Crippen MR) is 107 cm³/mol. The largest absolute Gasteiger partial charge is 0.368 e. The fourth-order valence-corrected chi connectivity index (χ4v) is 4.33. The Hall–Kier alpha value is -1.56. The maximum Gasteiger partial charge on any atom is 0.222 e. The first-order valence-electron chi connectivity index (χ1n) is 8.23. The molecule has 3 heterocycles. The fraction of sp³-hybridized carbons (Fsp3) is 0.444. The predicted octanol–water partition coefficient (Wildman–Crippen LogP) is 2.95. The lowest BCUT2D eigenvalue weighted by molar-refractivity contribution is 0.280. The molecular formula is C18H25Cl2N5. The summed E-state index contributed by atoms with van der Waals surface area (Å²) in [4.78, 5) is 13.5. The summed E-state index contributed by atoms with van der Waals surface area (Å²) < 4.78 is 0. The van der Waals surface area contributed by atoms with E-state index in [1.165, 1.54) is 5.56 Å². The van der Waals surface area contributed by atoms with Crippen LogP contribution in [0.15, 0.2) is 36.4 Å². The summed E-state index contributed by atoms with van der Waals surface area (Å²) >= 11 is 0.